The molecular weight excluding hydrogens is 302 g/mol. The lowest BCUT2D eigenvalue weighted by Gasteiger charge is -2.28. The van der Waals surface area contributed by atoms with Gasteiger partial charge in [-0.1, -0.05) is 11.6 Å². The zero-order valence-corrected chi connectivity index (χ0v) is 13.3. The first-order chi connectivity index (χ1) is 11.5. The topological polar surface area (TPSA) is 82.3 Å². The van der Waals surface area contributed by atoms with Gasteiger partial charge in [0.2, 0.25) is 0 Å². The van der Waals surface area contributed by atoms with Crippen LogP contribution in [0.3, 0.4) is 0 Å². The van der Waals surface area contributed by atoms with Gasteiger partial charge in [-0.3, -0.25) is 9.59 Å². The van der Waals surface area contributed by atoms with E-state index in [0.29, 0.717) is 16.8 Å². The number of allylic oxidation sites excluding steroid dienone is 3. The molecule has 1 aromatic carbocycles. The number of carbonyl (C=O) groups excluding carboxylic acids is 2. The number of nitrogens with one attached hydrogen (secondary N) is 1. The molecule has 0 saturated heterocycles. The van der Waals surface area contributed by atoms with Gasteiger partial charge in [0, 0.05) is 22.8 Å². The smallest absolute Gasteiger partial charge is 0.277 e. The number of carbonyl (C=O) groups is 2. The van der Waals surface area contributed by atoms with Crippen LogP contribution in [0.4, 0.5) is 0 Å². The van der Waals surface area contributed by atoms with Crippen molar-refractivity contribution in [2.24, 2.45) is 10.9 Å². The zero-order valence-electron chi connectivity index (χ0n) is 13.3. The predicted octanol–water partition coefficient (Wildman–Crippen LogP) is 2.68. The van der Waals surface area contributed by atoms with Gasteiger partial charge >= 0.3 is 0 Å². The molecule has 1 unspecified atom stereocenters. The van der Waals surface area contributed by atoms with Gasteiger partial charge in [-0.25, -0.2) is 4.99 Å². The molecule has 1 atom stereocenters. The predicted molar refractivity (Wildman–Crippen MR) is 90.2 cm³/mol. The third-order valence-corrected chi connectivity index (χ3v) is 4.25. The Morgan fingerprint density at radius 2 is 1.96 bits per heavy atom. The molecule has 1 aliphatic carbocycles. The molecule has 1 N–H and O–H groups in total. The first kappa shape index (κ1) is 15.6. The second-order valence-corrected chi connectivity index (χ2v) is 5.73. The molecule has 1 aliphatic heterocycles. The van der Waals surface area contributed by atoms with Gasteiger partial charge in [0.05, 0.1) is 17.3 Å². The van der Waals surface area contributed by atoms with Crippen LogP contribution in [-0.2, 0) is 4.79 Å². The van der Waals surface area contributed by atoms with E-state index in [0.717, 1.165) is 16.8 Å². The summed E-state index contributed by atoms with van der Waals surface area (Å²) < 4.78 is 0. The average Bonchev–Trinajstić information content (AvgIpc) is 2.59. The molecule has 1 aromatic rings. The van der Waals surface area contributed by atoms with E-state index in [1.165, 1.54) is 0 Å². The maximum Gasteiger partial charge on any atom is 0.277 e. The van der Waals surface area contributed by atoms with Gasteiger partial charge in [-0.15, -0.1) is 0 Å². The second kappa shape index (κ2) is 6.09. The summed E-state index contributed by atoms with van der Waals surface area (Å²) in [6.07, 6.45) is 5.43. The Morgan fingerprint density at radius 1 is 1.25 bits per heavy atom. The van der Waals surface area contributed by atoms with Crippen molar-refractivity contribution in [2.45, 2.75) is 13.8 Å². The van der Waals surface area contributed by atoms with Gasteiger partial charge in [0.15, 0.2) is 0 Å². The zero-order chi connectivity index (χ0) is 17.3. The Hall–Kier alpha value is -3.26. The van der Waals surface area contributed by atoms with E-state index in [2.05, 4.69) is 10.3 Å². The van der Waals surface area contributed by atoms with Crippen molar-refractivity contribution in [1.82, 2.24) is 5.32 Å². The van der Waals surface area contributed by atoms with Crippen LogP contribution in [0.1, 0.15) is 29.8 Å². The number of hydrogen-bond acceptors (Lipinski definition) is 3. The van der Waals surface area contributed by atoms with Gasteiger partial charge in [0.1, 0.15) is 0 Å². The van der Waals surface area contributed by atoms with Crippen molar-refractivity contribution in [3.8, 4) is 6.07 Å². The first-order valence-corrected chi connectivity index (χ1v) is 7.51. The van der Waals surface area contributed by atoms with Crippen LogP contribution >= 0.6 is 0 Å². The molecule has 0 radical (unpaired) electrons. The molecule has 2 amide bonds. The summed E-state index contributed by atoms with van der Waals surface area (Å²) in [5.74, 6) is -0.491. The van der Waals surface area contributed by atoms with E-state index < -0.39 is 0 Å². The van der Waals surface area contributed by atoms with E-state index in [1.807, 2.05) is 19.1 Å². The summed E-state index contributed by atoms with van der Waals surface area (Å²) in [4.78, 5) is 28.2. The van der Waals surface area contributed by atoms with E-state index in [9.17, 15) is 9.59 Å². The third-order valence-electron chi connectivity index (χ3n) is 4.25. The summed E-state index contributed by atoms with van der Waals surface area (Å²) in [7, 11) is 0. The molecule has 0 aromatic heterocycles. The van der Waals surface area contributed by atoms with Crippen molar-refractivity contribution >= 4 is 17.5 Å². The van der Waals surface area contributed by atoms with E-state index in [4.69, 9.17) is 5.26 Å². The maximum absolute atomic E-state index is 12.2. The molecule has 3 rings (SSSR count). The highest BCUT2D eigenvalue weighted by atomic mass is 16.2. The normalized spacial score (nSPS) is 21.0. The summed E-state index contributed by atoms with van der Waals surface area (Å²) in [5, 5.41) is 11.6. The molecule has 5 heteroatoms. The lowest BCUT2D eigenvalue weighted by atomic mass is 9.85. The lowest BCUT2D eigenvalue weighted by molar-refractivity contribution is -0.117. The lowest BCUT2D eigenvalue weighted by Crippen LogP contribution is -2.35. The van der Waals surface area contributed by atoms with Gasteiger partial charge in [-0.2, -0.15) is 5.26 Å². The summed E-state index contributed by atoms with van der Waals surface area (Å²) >= 11 is 0. The summed E-state index contributed by atoms with van der Waals surface area (Å²) in [5.41, 5.74) is 3.84. The number of fused-ring (bicyclic) bond motifs is 1. The van der Waals surface area contributed by atoms with Crippen LogP contribution in [-0.4, -0.2) is 17.5 Å². The van der Waals surface area contributed by atoms with Crippen LogP contribution in [0.15, 0.2) is 64.3 Å². The standard InChI is InChI=1S/C19H15N3O2/c1-11-12(2)18(23)22-17-9-15(7-8-16(11)17)21-19(24)14-5-3-13(10-20)4-6-14/h3-9,16H,1-2H3,(H,22,23). The van der Waals surface area contributed by atoms with Crippen LogP contribution < -0.4 is 5.32 Å². The highest BCUT2D eigenvalue weighted by Crippen LogP contribution is 2.29. The van der Waals surface area contributed by atoms with Crippen molar-refractivity contribution in [3.63, 3.8) is 0 Å². The van der Waals surface area contributed by atoms with Crippen LogP contribution in [0, 0.1) is 17.2 Å². The van der Waals surface area contributed by atoms with Crippen molar-refractivity contribution in [3.05, 3.63) is 70.5 Å². The maximum atomic E-state index is 12.2. The second-order valence-electron chi connectivity index (χ2n) is 5.73. The Morgan fingerprint density at radius 3 is 2.62 bits per heavy atom. The molecule has 0 bridgehead atoms. The minimum absolute atomic E-state index is 0.0201. The molecule has 118 valence electrons. The highest BCUT2D eigenvalue weighted by molar-refractivity contribution is 6.14. The van der Waals surface area contributed by atoms with Gasteiger partial charge < -0.3 is 5.32 Å². The minimum atomic E-state index is -0.389. The number of nitrogens with zero attached hydrogens (tertiary/aromatic N) is 2. The Bertz CT molecular complexity index is 894. The van der Waals surface area contributed by atoms with Gasteiger partial charge in [0.25, 0.3) is 11.8 Å². The Kier molecular flexibility index (Phi) is 3.97. The Balaban J connectivity index is 1.87. The molecule has 0 spiro atoms. The molecule has 2 aliphatic rings. The monoisotopic (exact) mass is 317 g/mol. The average molecular weight is 317 g/mol. The molecule has 24 heavy (non-hydrogen) atoms. The number of benzene rings is 1. The first-order valence-electron chi connectivity index (χ1n) is 7.51. The largest absolute Gasteiger partial charge is 0.325 e. The SMILES string of the molecule is CC1=C(C)C2C=CC(=NC(=O)c3ccc(C#N)cc3)C=C2NC1=O. The molecular formula is C19H15N3O2. The fourth-order valence-electron chi connectivity index (χ4n) is 2.66. The molecule has 0 saturated carbocycles. The fraction of sp³-hybridized carbons (Fsp3) is 0.158. The number of amides is 2. The number of nitriles is 1. The molecule has 0 fully saturated rings. The van der Waals surface area contributed by atoms with Crippen LogP contribution in [0.2, 0.25) is 0 Å². The van der Waals surface area contributed by atoms with Crippen LogP contribution in [0.25, 0.3) is 0 Å². The molecule has 1 heterocycles. The Labute approximate surface area is 139 Å². The van der Waals surface area contributed by atoms with E-state index in [-0.39, 0.29) is 17.7 Å². The number of rotatable bonds is 1. The van der Waals surface area contributed by atoms with Gasteiger partial charge in [-0.05, 0) is 50.3 Å². The number of aliphatic imine (C=N–C) groups is 1. The van der Waals surface area contributed by atoms with Crippen molar-refractivity contribution in [1.29, 1.82) is 5.26 Å². The minimum Gasteiger partial charge on any atom is -0.325 e. The quantitative estimate of drug-likeness (QED) is 0.864. The van der Waals surface area contributed by atoms with E-state index >= 15 is 0 Å². The third kappa shape index (κ3) is 2.82. The molecule has 5 nitrogen and oxygen atoms in total. The van der Waals surface area contributed by atoms with Crippen LogP contribution in [0.5, 0.6) is 0 Å². The van der Waals surface area contributed by atoms with E-state index in [1.54, 1.807) is 43.3 Å². The fourth-order valence-corrected chi connectivity index (χ4v) is 2.66. The van der Waals surface area contributed by atoms with Crippen molar-refractivity contribution in [2.75, 3.05) is 0 Å². The number of hydrogen-bond donors (Lipinski definition) is 1. The summed E-state index contributed by atoms with van der Waals surface area (Å²) in [6.45, 7) is 3.73. The highest BCUT2D eigenvalue weighted by Gasteiger charge is 2.27. The van der Waals surface area contributed by atoms with Crippen molar-refractivity contribution < 1.29 is 9.59 Å². The summed E-state index contributed by atoms with van der Waals surface area (Å²) in [6, 6.07) is 8.32.